The molecule has 7 N–H and O–H groups in total. The van der Waals surface area contributed by atoms with Gasteiger partial charge in [-0.1, -0.05) is 264 Å². The van der Waals surface area contributed by atoms with E-state index in [2.05, 4.69) is 26.0 Å². The van der Waals surface area contributed by atoms with Crippen LogP contribution in [0, 0.1) is 0 Å². The highest BCUT2D eigenvalue weighted by Gasteiger charge is 2.47. The predicted molar refractivity (Wildman–Crippen MR) is 317 cm³/mol. The van der Waals surface area contributed by atoms with E-state index in [4.69, 9.17) is 28.4 Å². The number of aliphatic hydroxyl groups is 7. The molecule has 0 spiro atoms. The third kappa shape index (κ3) is 38.3. The van der Waals surface area contributed by atoms with Gasteiger partial charge in [-0.25, -0.2) is 0 Å². The lowest BCUT2D eigenvalue weighted by molar-refractivity contribution is -0.332. The number of unbranched alkanes of at least 4 members (excludes halogenated alkanes) is 40. The van der Waals surface area contributed by atoms with Crippen LogP contribution in [-0.4, -0.2) is 142 Å². The summed E-state index contributed by atoms with van der Waals surface area (Å²) in [5.74, 6) is -0.370. The van der Waals surface area contributed by atoms with Crippen LogP contribution in [0.15, 0.2) is 12.2 Å². The van der Waals surface area contributed by atoms with E-state index in [0.717, 1.165) is 38.5 Å². The van der Waals surface area contributed by atoms with Gasteiger partial charge in [-0.3, -0.25) is 4.79 Å². The summed E-state index contributed by atoms with van der Waals surface area (Å²) in [6, 6.07) is 0. The molecule has 0 saturated carbocycles. The second-order valence-electron chi connectivity index (χ2n) is 23.7. The van der Waals surface area contributed by atoms with Crippen molar-refractivity contribution in [2.24, 2.45) is 0 Å². The first kappa shape index (κ1) is 73.8. The molecule has 468 valence electrons. The normalized spacial score (nSPS) is 24.0. The molecule has 2 heterocycles. The van der Waals surface area contributed by atoms with Gasteiger partial charge in [0.1, 0.15) is 54.9 Å². The van der Waals surface area contributed by atoms with Crippen LogP contribution in [0.2, 0.25) is 0 Å². The standard InChI is InChI=1S/C65H124O14/c1-3-5-7-9-11-13-15-17-19-21-23-25-26-27-29-31-33-35-37-39-41-43-45-47-49-74-51-54(52-75-64-63(73)61(71)59(69)56(79-64)53-76-65-62(72)60(70)58(68)55(50-66)78-65)77-57(67)48-46-44-42-40-38-36-34-32-30-28-24-22-20-18-16-14-12-10-8-6-4-2/h22,24,54-56,58-66,68-73H,3-21,23,25-53H2,1-2H3/b24-22-. The molecule has 0 amide bonds. The van der Waals surface area contributed by atoms with Crippen LogP contribution >= 0.6 is 0 Å². The average Bonchev–Trinajstić information content (AvgIpc) is 3.45. The summed E-state index contributed by atoms with van der Waals surface area (Å²) in [7, 11) is 0. The molecule has 0 bridgehead atoms. The molecule has 11 unspecified atom stereocenters. The number of hydrogen-bond donors (Lipinski definition) is 7. The Morgan fingerprint density at radius 3 is 1.15 bits per heavy atom. The summed E-state index contributed by atoms with van der Waals surface area (Å²) in [5.41, 5.74) is 0. The van der Waals surface area contributed by atoms with E-state index in [-0.39, 0.29) is 25.6 Å². The Balaban J connectivity index is 1.65. The second kappa shape index (κ2) is 52.3. The highest BCUT2D eigenvalue weighted by molar-refractivity contribution is 5.69. The van der Waals surface area contributed by atoms with Crippen LogP contribution in [0.3, 0.4) is 0 Å². The molecule has 79 heavy (non-hydrogen) atoms. The molecule has 11 atom stereocenters. The smallest absolute Gasteiger partial charge is 0.306 e. The highest BCUT2D eigenvalue weighted by Crippen LogP contribution is 2.27. The number of carbonyl (C=O) groups is 1. The maximum Gasteiger partial charge on any atom is 0.306 e. The highest BCUT2D eigenvalue weighted by atomic mass is 16.7. The van der Waals surface area contributed by atoms with Gasteiger partial charge in [-0.05, 0) is 38.5 Å². The Hall–Kier alpha value is -1.27. The lowest BCUT2D eigenvalue weighted by atomic mass is 9.98. The number of carbonyl (C=O) groups excluding carboxylic acids is 1. The Morgan fingerprint density at radius 1 is 0.405 bits per heavy atom. The summed E-state index contributed by atoms with van der Waals surface area (Å²) in [5, 5.41) is 72.5. The van der Waals surface area contributed by atoms with Crippen molar-refractivity contribution in [3.63, 3.8) is 0 Å². The first-order valence-electron chi connectivity index (χ1n) is 33.3. The first-order chi connectivity index (χ1) is 38.6. The minimum atomic E-state index is -1.70. The predicted octanol–water partition coefficient (Wildman–Crippen LogP) is 13.3. The van der Waals surface area contributed by atoms with Crippen LogP contribution in [0.4, 0.5) is 0 Å². The van der Waals surface area contributed by atoms with Crippen molar-refractivity contribution < 1.29 is 69.0 Å². The van der Waals surface area contributed by atoms with Crippen molar-refractivity contribution in [1.82, 2.24) is 0 Å². The molecule has 14 nitrogen and oxygen atoms in total. The maximum atomic E-state index is 13.1. The summed E-state index contributed by atoms with van der Waals surface area (Å²) >= 11 is 0. The molecule has 2 fully saturated rings. The molecule has 0 radical (unpaired) electrons. The van der Waals surface area contributed by atoms with Crippen molar-refractivity contribution >= 4 is 5.97 Å². The molecule has 14 heteroatoms. The van der Waals surface area contributed by atoms with E-state index in [9.17, 15) is 40.5 Å². The summed E-state index contributed by atoms with van der Waals surface area (Å²) in [6.07, 6.45) is 44.3. The molecular formula is C65H124O14. The minimum absolute atomic E-state index is 0.0678. The molecule has 0 aromatic carbocycles. The van der Waals surface area contributed by atoms with Gasteiger partial charge < -0.3 is 64.2 Å². The molecule has 0 aliphatic carbocycles. The quantitative estimate of drug-likeness (QED) is 0.0172. The van der Waals surface area contributed by atoms with Gasteiger partial charge in [0.15, 0.2) is 12.6 Å². The molecule has 2 rings (SSSR count). The number of aliphatic hydroxyl groups excluding tert-OH is 7. The second-order valence-corrected chi connectivity index (χ2v) is 23.7. The number of allylic oxidation sites excluding steroid dienone is 2. The summed E-state index contributed by atoms with van der Waals surface area (Å²) < 4.78 is 34.5. The van der Waals surface area contributed by atoms with Crippen LogP contribution in [0.1, 0.15) is 296 Å². The third-order valence-electron chi connectivity index (χ3n) is 16.3. The van der Waals surface area contributed by atoms with E-state index in [1.807, 2.05) is 0 Å². The van der Waals surface area contributed by atoms with E-state index in [1.165, 1.54) is 231 Å². The number of ether oxygens (including phenoxy) is 6. The van der Waals surface area contributed by atoms with E-state index in [0.29, 0.717) is 13.0 Å². The van der Waals surface area contributed by atoms with E-state index < -0.39 is 80.7 Å². The third-order valence-corrected chi connectivity index (χ3v) is 16.3. The van der Waals surface area contributed by atoms with E-state index >= 15 is 0 Å². The lowest BCUT2D eigenvalue weighted by Gasteiger charge is -2.42. The summed E-state index contributed by atoms with van der Waals surface area (Å²) in [4.78, 5) is 13.1. The number of esters is 1. The fourth-order valence-electron chi connectivity index (χ4n) is 10.9. The number of rotatable bonds is 56. The zero-order valence-corrected chi connectivity index (χ0v) is 50.6. The van der Waals surface area contributed by atoms with Gasteiger partial charge in [0, 0.05) is 13.0 Å². The zero-order valence-electron chi connectivity index (χ0n) is 50.6. The Labute approximate surface area is 482 Å². The van der Waals surface area contributed by atoms with Crippen molar-refractivity contribution in [3.8, 4) is 0 Å². The van der Waals surface area contributed by atoms with Crippen LogP contribution in [-0.2, 0) is 33.2 Å². The topological polar surface area (TPSA) is 214 Å². The molecule has 2 saturated heterocycles. The fraction of sp³-hybridized carbons (Fsp3) is 0.954. The van der Waals surface area contributed by atoms with Crippen molar-refractivity contribution in [1.29, 1.82) is 0 Å². The molecular weight excluding hydrogens is 1000 g/mol. The largest absolute Gasteiger partial charge is 0.457 e. The van der Waals surface area contributed by atoms with Gasteiger partial charge in [0.25, 0.3) is 0 Å². The van der Waals surface area contributed by atoms with Crippen molar-refractivity contribution in [2.45, 2.75) is 364 Å². The monoisotopic (exact) mass is 1130 g/mol. The molecule has 0 aromatic rings. The fourth-order valence-corrected chi connectivity index (χ4v) is 10.9. The van der Waals surface area contributed by atoms with Gasteiger partial charge in [-0.2, -0.15) is 0 Å². The SMILES string of the molecule is CCCCCCCCCC/C=C\CCCCCCCCCCCC(=O)OC(COCCCCCCCCCCCCCCCCCCCCCCCCCC)COC1OC(COC2OC(CO)C(O)C(O)C2O)C(O)C(O)C1O. The Morgan fingerprint density at radius 2 is 0.747 bits per heavy atom. The van der Waals surface area contributed by atoms with Gasteiger partial charge in [0.05, 0.1) is 26.4 Å². The van der Waals surface area contributed by atoms with Crippen molar-refractivity contribution in [2.75, 3.05) is 33.0 Å². The van der Waals surface area contributed by atoms with Gasteiger partial charge >= 0.3 is 5.97 Å². The van der Waals surface area contributed by atoms with Crippen molar-refractivity contribution in [3.05, 3.63) is 12.2 Å². The minimum Gasteiger partial charge on any atom is -0.457 e. The molecule has 2 aliphatic rings. The van der Waals surface area contributed by atoms with Crippen LogP contribution in [0.5, 0.6) is 0 Å². The maximum absolute atomic E-state index is 13.1. The van der Waals surface area contributed by atoms with E-state index in [1.54, 1.807) is 0 Å². The van der Waals surface area contributed by atoms with Crippen LogP contribution in [0.25, 0.3) is 0 Å². The Bertz CT molecular complexity index is 1360. The zero-order chi connectivity index (χ0) is 57.2. The van der Waals surface area contributed by atoms with Gasteiger partial charge in [0.2, 0.25) is 0 Å². The lowest BCUT2D eigenvalue weighted by Crippen LogP contribution is -2.61. The average molecular weight is 1130 g/mol. The Kier molecular flexibility index (Phi) is 48.9. The first-order valence-corrected chi connectivity index (χ1v) is 33.3. The summed E-state index contributed by atoms with van der Waals surface area (Å²) in [6.45, 7) is 3.77. The molecule has 0 aromatic heterocycles. The van der Waals surface area contributed by atoms with Crippen LogP contribution < -0.4 is 0 Å². The molecule has 2 aliphatic heterocycles. The van der Waals surface area contributed by atoms with Gasteiger partial charge in [-0.15, -0.1) is 0 Å². The number of hydrogen-bond acceptors (Lipinski definition) is 14.